The van der Waals surface area contributed by atoms with Crippen LogP contribution in [0.15, 0.2) is 0 Å². The highest BCUT2D eigenvalue weighted by molar-refractivity contribution is 6.60. The lowest BCUT2D eigenvalue weighted by Gasteiger charge is -2.39. The number of carbonyl (C=O) groups excluding carboxylic acids is 1. The van der Waals surface area contributed by atoms with E-state index in [1.807, 2.05) is 0 Å². The summed E-state index contributed by atoms with van der Waals surface area (Å²) in [5, 5.41) is 2.83. The van der Waals surface area contributed by atoms with Gasteiger partial charge in [-0.25, -0.2) is 4.79 Å². The molecule has 1 N–H and O–H groups in total. The van der Waals surface area contributed by atoms with E-state index in [9.17, 15) is 4.79 Å². The van der Waals surface area contributed by atoms with E-state index >= 15 is 0 Å². The molecule has 0 aromatic rings. The van der Waals surface area contributed by atoms with Crippen LogP contribution in [0.25, 0.3) is 0 Å². The zero-order valence-electron chi connectivity index (χ0n) is 19.9. The van der Waals surface area contributed by atoms with Gasteiger partial charge < -0.3 is 27.8 Å². The first kappa shape index (κ1) is 28.3. The molecule has 0 rings (SSSR count). The molecule has 0 fully saturated rings. The maximum absolute atomic E-state index is 12.1. The Morgan fingerprint density at radius 1 is 0.793 bits per heavy atom. The first-order valence-electron chi connectivity index (χ1n) is 11.4. The van der Waals surface area contributed by atoms with Crippen molar-refractivity contribution in [1.82, 2.24) is 5.32 Å². The SMILES string of the molecule is CCCC[N+](CCCC)(CCCC)CCOC(=O)NCCC[Si](OC)(OC)OC. The lowest BCUT2D eigenvalue weighted by Crippen LogP contribution is -2.52. The van der Waals surface area contributed by atoms with Gasteiger partial charge in [0.1, 0.15) is 13.2 Å². The van der Waals surface area contributed by atoms with Gasteiger partial charge in [0.15, 0.2) is 0 Å². The van der Waals surface area contributed by atoms with Crippen molar-refractivity contribution in [3.05, 3.63) is 0 Å². The van der Waals surface area contributed by atoms with Crippen LogP contribution in [0.4, 0.5) is 4.79 Å². The van der Waals surface area contributed by atoms with Gasteiger partial charge in [0, 0.05) is 33.9 Å². The summed E-state index contributed by atoms with van der Waals surface area (Å²) in [6.45, 7) is 12.2. The lowest BCUT2D eigenvalue weighted by atomic mass is 10.1. The number of unbranched alkanes of at least 4 members (excludes halogenated alkanes) is 3. The Hall–Kier alpha value is -0.673. The molecule has 0 bridgehead atoms. The summed E-state index contributed by atoms with van der Waals surface area (Å²) in [5.74, 6) is 0. The molecule has 0 aromatic carbocycles. The van der Waals surface area contributed by atoms with E-state index in [2.05, 4.69) is 26.1 Å². The second-order valence-corrected chi connectivity index (χ2v) is 10.8. The maximum Gasteiger partial charge on any atom is 0.500 e. The second-order valence-electron chi connectivity index (χ2n) is 7.76. The molecule has 8 heteroatoms. The van der Waals surface area contributed by atoms with Crippen molar-refractivity contribution in [2.75, 3.05) is 60.7 Å². The van der Waals surface area contributed by atoms with E-state index < -0.39 is 8.80 Å². The third-order valence-electron chi connectivity index (χ3n) is 5.62. The van der Waals surface area contributed by atoms with Gasteiger partial charge in [-0.05, 0) is 25.7 Å². The predicted molar refractivity (Wildman–Crippen MR) is 120 cm³/mol. The largest absolute Gasteiger partial charge is 0.500 e. The van der Waals surface area contributed by atoms with Crippen molar-refractivity contribution in [3.63, 3.8) is 0 Å². The normalized spacial score (nSPS) is 12.2. The summed E-state index contributed by atoms with van der Waals surface area (Å²) < 4.78 is 22.7. The van der Waals surface area contributed by atoms with Crippen LogP contribution in [0.1, 0.15) is 65.7 Å². The zero-order valence-corrected chi connectivity index (χ0v) is 20.9. The van der Waals surface area contributed by atoms with Crippen LogP contribution in [-0.2, 0) is 18.0 Å². The lowest BCUT2D eigenvalue weighted by molar-refractivity contribution is -0.929. The number of alkyl carbamates (subject to hydrolysis) is 1. The van der Waals surface area contributed by atoms with E-state index in [0.29, 0.717) is 19.2 Å². The van der Waals surface area contributed by atoms with Crippen LogP contribution >= 0.6 is 0 Å². The Bertz CT molecular complexity index is 378. The first-order valence-corrected chi connectivity index (χ1v) is 13.3. The maximum atomic E-state index is 12.1. The predicted octanol–water partition coefficient (Wildman–Crippen LogP) is 4.20. The van der Waals surface area contributed by atoms with Crippen molar-refractivity contribution >= 4 is 14.9 Å². The zero-order chi connectivity index (χ0) is 22.0. The van der Waals surface area contributed by atoms with Crippen LogP contribution in [0, 0.1) is 0 Å². The number of quaternary nitrogens is 1. The topological polar surface area (TPSA) is 66.0 Å². The highest BCUT2D eigenvalue weighted by atomic mass is 28.4. The van der Waals surface area contributed by atoms with Crippen LogP contribution in [0.5, 0.6) is 0 Å². The monoisotopic (exact) mass is 435 g/mol. The Balaban J connectivity index is 4.42. The molecule has 1 amide bonds. The smallest absolute Gasteiger partial charge is 0.444 e. The minimum absolute atomic E-state index is 0.343. The highest BCUT2D eigenvalue weighted by Gasteiger charge is 2.36. The van der Waals surface area contributed by atoms with Crippen LogP contribution in [0.2, 0.25) is 6.04 Å². The summed E-state index contributed by atoms with van der Waals surface area (Å²) in [5.41, 5.74) is 0. The fraction of sp³-hybridized carbons (Fsp3) is 0.952. The van der Waals surface area contributed by atoms with Crippen LogP contribution in [0.3, 0.4) is 0 Å². The average Bonchev–Trinajstić information content (AvgIpc) is 2.75. The molecule has 7 nitrogen and oxygen atoms in total. The molecule has 0 atom stereocenters. The summed E-state index contributed by atoms with van der Waals surface area (Å²) in [6, 6.07) is 0.655. The number of carbonyl (C=O) groups is 1. The molecule has 0 unspecified atom stereocenters. The van der Waals surface area contributed by atoms with Gasteiger partial charge in [-0.1, -0.05) is 40.0 Å². The molecule has 0 aliphatic carbocycles. The average molecular weight is 436 g/mol. The second kappa shape index (κ2) is 17.1. The van der Waals surface area contributed by atoms with E-state index in [1.54, 1.807) is 21.3 Å². The number of rotatable bonds is 19. The standard InChI is InChI=1S/C21H46N2O5Si/c1-7-10-15-23(16-11-8-2,17-12-9-3)18-19-28-21(24)22-14-13-20-29(25-4,26-5)27-6/h7-20H2,1-6H3/p+1. The van der Waals surface area contributed by atoms with Gasteiger partial charge in [0.2, 0.25) is 0 Å². The number of ether oxygens (including phenoxy) is 1. The summed E-state index contributed by atoms with van der Waals surface area (Å²) in [4.78, 5) is 12.1. The summed E-state index contributed by atoms with van der Waals surface area (Å²) >= 11 is 0. The molecule has 0 saturated heterocycles. The minimum atomic E-state index is -2.57. The van der Waals surface area contributed by atoms with Gasteiger partial charge in [0.05, 0.1) is 19.6 Å². The van der Waals surface area contributed by atoms with Gasteiger partial charge in [-0.3, -0.25) is 0 Å². The van der Waals surface area contributed by atoms with Crippen molar-refractivity contribution in [2.45, 2.75) is 71.8 Å². The van der Waals surface area contributed by atoms with Crippen molar-refractivity contribution < 1.29 is 27.3 Å². The van der Waals surface area contributed by atoms with Gasteiger partial charge in [-0.2, -0.15) is 0 Å². The Morgan fingerprint density at radius 2 is 1.28 bits per heavy atom. The molecule has 29 heavy (non-hydrogen) atoms. The van der Waals surface area contributed by atoms with E-state index in [-0.39, 0.29) is 6.09 Å². The Morgan fingerprint density at radius 3 is 1.69 bits per heavy atom. The molecular weight excluding hydrogens is 388 g/mol. The van der Waals surface area contributed by atoms with Gasteiger partial charge in [-0.15, -0.1) is 0 Å². The summed E-state index contributed by atoms with van der Waals surface area (Å²) in [7, 11) is 2.22. The van der Waals surface area contributed by atoms with Crippen molar-refractivity contribution in [1.29, 1.82) is 0 Å². The van der Waals surface area contributed by atoms with Gasteiger partial charge >= 0.3 is 14.9 Å². The van der Waals surface area contributed by atoms with Crippen molar-refractivity contribution in [3.8, 4) is 0 Å². The molecule has 0 heterocycles. The Kier molecular flexibility index (Phi) is 16.7. The third kappa shape index (κ3) is 11.9. The molecular formula is C21H47N2O5Si+. The van der Waals surface area contributed by atoms with Crippen LogP contribution in [-0.4, -0.2) is 80.0 Å². The number of nitrogens with one attached hydrogen (secondary N) is 1. The van der Waals surface area contributed by atoms with E-state index in [0.717, 1.165) is 17.4 Å². The Labute approximate surface area is 180 Å². The highest BCUT2D eigenvalue weighted by Crippen LogP contribution is 2.15. The molecule has 0 aliphatic rings. The molecule has 0 aliphatic heterocycles. The van der Waals surface area contributed by atoms with Crippen molar-refractivity contribution in [2.24, 2.45) is 0 Å². The number of amides is 1. The number of nitrogens with zero attached hydrogens (tertiary/aromatic N) is 1. The first-order chi connectivity index (χ1) is 14.0. The molecule has 174 valence electrons. The number of hydrogen-bond donors (Lipinski definition) is 1. The molecule has 0 saturated carbocycles. The van der Waals surface area contributed by atoms with E-state index in [4.69, 9.17) is 18.0 Å². The fourth-order valence-corrected chi connectivity index (χ4v) is 5.31. The fourth-order valence-electron chi connectivity index (χ4n) is 3.59. The van der Waals surface area contributed by atoms with E-state index in [1.165, 1.54) is 58.2 Å². The third-order valence-corrected chi connectivity index (χ3v) is 8.45. The number of hydrogen-bond acceptors (Lipinski definition) is 5. The van der Waals surface area contributed by atoms with Crippen LogP contribution < -0.4 is 5.32 Å². The van der Waals surface area contributed by atoms with Gasteiger partial charge in [0.25, 0.3) is 0 Å². The molecule has 0 aromatic heterocycles. The quantitative estimate of drug-likeness (QED) is 0.187. The molecule has 0 radical (unpaired) electrons. The summed E-state index contributed by atoms with van der Waals surface area (Å²) in [6.07, 6.45) is 7.67. The molecule has 0 spiro atoms. The minimum Gasteiger partial charge on any atom is -0.444 e.